The molecule has 0 aliphatic heterocycles. The Morgan fingerprint density at radius 3 is 1.17 bits per heavy atom. The fraction of sp³-hybridized carbons (Fsp3) is 1.00. The highest BCUT2D eigenvalue weighted by molar-refractivity contribution is 6.66. The van der Waals surface area contributed by atoms with Crippen LogP contribution >= 0.6 is 34.8 Å². The molecule has 4 heteroatoms. The van der Waals surface area contributed by atoms with Gasteiger partial charge >= 0.3 is 4.05 Å². The summed E-state index contributed by atoms with van der Waals surface area (Å²) in [5, 5.41) is 0. The summed E-state index contributed by atoms with van der Waals surface area (Å²) in [6.45, 7) is 0. The molecule has 0 saturated carbocycles. The predicted octanol–water partition coefficient (Wildman–Crippen LogP) is 2.92. The van der Waals surface area contributed by atoms with Gasteiger partial charge < -0.3 is 0 Å². The highest BCUT2D eigenvalue weighted by Crippen LogP contribution is 2.26. The van der Waals surface area contributed by atoms with Crippen LogP contribution < -0.4 is 0 Å². The maximum atomic E-state index is 11.0. The Labute approximate surface area is 51.2 Å². The van der Waals surface area contributed by atoms with Crippen molar-refractivity contribution >= 4 is 34.8 Å². The number of hydrogen-bond acceptors (Lipinski definition) is 0. The van der Waals surface area contributed by atoms with Crippen LogP contribution in [0.4, 0.5) is 4.39 Å². The zero-order chi connectivity index (χ0) is 4.50. The first kappa shape index (κ1) is 9.93. The van der Waals surface area contributed by atoms with Crippen molar-refractivity contribution in [2.45, 2.75) is 11.5 Å². The lowest BCUT2D eigenvalue weighted by molar-refractivity contribution is 0.507. The fourth-order valence-electron chi connectivity index (χ4n) is 0. The standard InChI is InChI=1S/CCl3F.CH4/c2-1(3,4)5;/h;1H4. The summed E-state index contributed by atoms with van der Waals surface area (Å²) >= 11 is 13.2. The van der Waals surface area contributed by atoms with Gasteiger partial charge in [-0.05, 0) is 34.8 Å². The molecule has 0 amide bonds. The minimum atomic E-state index is -2.58. The molecule has 0 aromatic rings. The maximum absolute atomic E-state index is 11.0. The molecule has 0 bridgehead atoms. The average molecular weight is 153 g/mol. The van der Waals surface area contributed by atoms with E-state index >= 15 is 0 Å². The first-order chi connectivity index (χ1) is 2.00. The van der Waals surface area contributed by atoms with Crippen LogP contribution in [-0.2, 0) is 0 Å². The van der Waals surface area contributed by atoms with Gasteiger partial charge in [-0.1, -0.05) is 7.43 Å². The van der Waals surface area contributed by atoms with E-state index in [1.54, 1.807) is 0 Å². The van der Waals surface area contributed by atoms with E-state index in [-0.39, 0.29) is 7.43 Å². The fourth-order valence-corrected chi connectivity index (χ4v) is 0. The molecule has 0 atom stereocenters. The van der Waals surface area contributed by atoms with Crippen LogP contribution in [0.1, 0.15) is 7.43 Å². The number of hydrogen-bond donors (Lipinski definition) is 0. The summed E-state index contributed by atoms with van der Waals surface area (Å²) in [7, 11) is 0. The monoisotopic (exact) mass is 152 g/mol. The molecule has 0 fully saturated rings. The van der Waals surface area contributed by atoms with Gasteiger partial charge in [-0.3, -0.25) is 0 Å². The number of alkyl halides is 4. The van der Waals surface area contributed by atoms with Gasteiger partial charge in [-0.2, -0.15) is 4.39 Å². The third-order valence-corrected chi connectivity index (χ3v) is 0. The summed E-state index contributed by atoms with van der Waals surface area (Å²) in [6.07, 6.45) is 0. The Morgan fingerprint density at radius 1 is 1.17 bits per heavy atom. The second kappa shape index (κ2) is 2.89. The van der Waals surface area contributed by atoms with Crippen LogP contribution in [0.3, 0.4) is 0 Å². The van der Waals surface area contributed by atoms with Crippen molar-refractivity contribution in [3.8, 4) is 0 Å². The summed E-state index contributed by atoms with van der Waals surface area (Å²) in [5.41, 5.74) is 0. The van der Waals surface area contributed by atoms with E-state index in [9.17, 15) is 4.39 Å². The average Bonchev–Trinajstić information content (AvgIpc) is 0.722. The van der Waals surface area contributed by atoms with Crippen molar-refractivity contribution < 1.29 is 4.39 Å². The lowest BCUT2D eigenvalue weighted by Crippen LogP contribution is -1.83. The smallest absolute Gasteiger partial charge is 0.189 e. The van der Waals surface area contributed by atoms with Gasteiger partial charge in [0.15, 0.2) is 0 Å². The van der Waals surface area contributed by atoms with Gasteiger partial charge in [0.25, 0.3) is 0 Å². The molecule has 6 heavy (non-hydrogen) atoms. The quantitative estimate of drug-likeness (QED) is 0.470. The first-order valence-electron chi connectivity index (χ1n) is 0.756. The van der Waals surface area contributed by atoms with Crippen LogP contribution in [0, 0.1) is 0 Å². The van der Waals surface area contributed by atoms with Crippen LogP contribution in [0.25, 0.3) is 0 Å². The van der Waals surface area contributed by atoms with Gasteiger partial charge in [0.05, 0.1) is 0 Å². The molecule has 0 aromatic heterocycles. The Bertz CT molecular complexity index is 24.3. The molecule has 0 spiro atoms. The minimum absolute atomic E-state index is 0. The van der Waals surface area contributed by atoms with E-state index in [1.807, 2.05) is 0 Å². The summed E-state index contributed by atoms with van der Waals surface area (Å²) in [6, 6.07) is 0. The third-order valence-electron chi connectivity index (χ3n) is 0. The van der Waals surface area contributed by atoms with E-state index in [0.29, 0.717) is 0 Å². The third kappa shape index (κ3) is 108. The maximum Gasteiger partial charge on any atom is 0.333 e. The zero-order valence-corrected chi connectivity index (χ0v) is 4.28. The van der Waals surface area contributed by atoms with Gasteiger partial charge in [0.2, 0.25) is 0 Å². The molecule has 0 heterocycles. The van der Waals surface area contributed by atoms with Crippen molar-refractivity contribution in [2.24, 2.45) is 0 Å². The van der Waals surface area contributed by atoms with Crippen LogP contribution in [0.5, 0.6) is 0 Å². The molecule has 0 saturated heterocycles. The Balaban J connectivity index is 0. The molecule has 40 valence electrons. The Kier molecular flexibility index (Phi) is 4.78. The summed E-state index contributed by atoms with van der Waals surface area (Å²) < 4.78 is 8.40. The molecule has 0 nitrogen and oxygen atoms in total. The van der Waals surface area contributed by atoms with Gasteiger partial charge in [-0.15, -0.1) is 0 Å². The highest BCUT2D eigenvalue weighted by Gasteiger charge is 2.14. The number of halogens is 4. The topological polar surface area (TPSA) is 0 Å². The molecule has 0 radical (unpaired) electrons. The lowest BCUT2D eigenvalue weighted by Gasteiger charge is -1.89. The molecule has 0 N–H and O–H groups in total. The van der Waals surface area contributed by atoms with E-state index in [1.165, 1.54) is 0 Å². The van der Waals surface area contributed by atoms with E-state index in [0.717, 1.165) is 0 Å². The molecular weight excluding hydrogens is 149 g/mol. The summed E-state index contributed by atoms with van der Waals surface area (Å²) in [4.78, 5) is 0. The second-order valence-corrected chi connectivity index (χ2v) is 2.57. The lowest BCUT2D eigenvalue weighted by atomic mass is 11.7. The second-order valence-electron chi connectivity index (χ2n) is 0.429. The summed E-state index contributed by atoms with van der Waals surface area (Å²) in [5.74, 6) is 0. The molecule has 0 aromatic carbocycles. The SMILES string of the molecule is C.FC(Cl)(Cl)Cl. The molecule has 0 unspecified atom stereocenters. The van der Waals surface area contributed by atoms with Crippen molar-refractivity contribution in [1.82, 2.24) is 0 Å². The molecule has 0 rings (SSSR count). The highest BCUT2D eigenvalue weighted by atomic mass is 35.6. The minimum Gasteiger partial charge on any atom is -0.189 e. The predicted molar refractivity (Wildman–Crippen MR) is 28.1 cm³/mol. The first-order valence-corrected chi connectivity index (χ1v) is 1.89. The Morgan fingerprint density at radius 2 is 1.17 bits per heavy atom. The largest absolute Gasteiger partial charge is 0.333 e. The molecular formula is C2H4Cl3F. The van der Waals surface area contributed by atoms with Crippen molar-refractivity contribution in [3.05, 3.63) is 0 Å². The van der Waals surface area contributed by atoms with Crippen LogP contribution in [-0.4, -0.2) is 4.05 Å². The van der Waals surface area contributed by atoms with Crippen LogP contribution in [0.2, 0.25) is 0 Å². The normalized spacial score (nSPS) is 10.0. The Hall–Kier alpha value is 0.800. The van der Waals surface area contributed by atoms with Gasteiger partial charge in [-0.25, -0.2) is 0 Å². The van der Waals surface area contributed by atoms with Crippen molar-refractivity contribution in [2.75, 3.05) is 0 Å². The van der Waals surface area contributed by atoms with Crippen molar-refractivity contribution in [3.63, 3.8) is 0 Å². The van der Waals surface area contributed by atoms with E-state index in [2.05, 4.69) is 34.8 Å². The van der Waals surface area contributed by atoms with Crippen molar-refractivity contribution in [1.29, 1.82) is 0 Å². The van der Waals surface area contributed by atoms with Crippen LogP contribution in [0.15, 0.2) is 0 Å². The zero-order valence-electron chi connectivity index (χ0n) is 2.01. The van der Waals surface area contributed by atoms with E-state index in [4.69, 9.17) is 0 Å². The molecule has 0 aliphatic rings. The molecule has 0 aliphatic carbocycles. The number of rotatable bonds is 0. The van der Waals surface area contributed by atoms with E-state index < -0.39 is 4.05 Å². The van der Waals surface area contributed by atoms with Gasteiger partial charge in [0.1, 0.15) is 0 Å². The van der Waals surface area contributed by atoms with Gasteiger partial charge in [0, 0.05) is 0 Å².